The van der Waals surface area contributed by atoms with Gasteiger partial charge in [-0.25, -0.2) is 0 Å². The van der Waals surface area contributed by atoms with E-state index < -0.39 is 0 Å². The van der Waals surface area contributed by atoms with Crippen molar-refractivity contribution in [2.45, 2.75) is 25.9 Å². The quantitative estimate of drug-likeness (QED) is 0.588. The summed E-state index contributed by atoms with van der Waals surface area (Å²) in [5, 5.41) is 5.99. The van der Waals surface area contributed by atoms with Crippen molar-refractivity contribution in [3.8, 4) is 11.5 Å². The first kappa shape index (κ1) is 20.7. The summed E-state index contributed by atoms with van der Waals surface area (Å²) in [6, 6.07) is 14.9. The molecular formula is C23H28N2O4. The normalized spacial score (nSPS) is 15.6. The van der Waals surface area contributed by atoms with Crippen LogP contribution >= 0.6 is 0 Å². The molecule has 1 aliphatic rings. The Morgan fingerprint density at radius 2 is 1.86 bits per heavy atom. The van der Waals surface area contributed by atoms with Gasteiger partial charge in [-0.1, -0.05) is 18.7 Å². The topological polar surface area (TPSA) is 68.8 Å². The summed E-state index contributed by atoms with van der Waals surface area (Å²) in [6.07, 6.45) is 2.27. The van der Waals surface area contributed by atoms with E-state index in [4.69, 9.17) is 14.2 Å². The average molecular weight is 396 g/mol. The van der Waals surface area contributed by atoms with Crippen molar-refractivity contribution in [3.05, 3.63) is 60.7 Å². The number of hydrogen-bond donors (Lipinski definition) is 2. The first-order valence-electron chi connectivity index (χ1n) is 9.84. The second-order valence-corrected chi connectivity index (χ2v) is 7.15. The zero-order valence-corrected chi connectivity index (χ0v) is 16.8. The van der Waals surface area contributed by atoms with Crippen LogP contribution < -0.4 is 20.1 Å². The number of anilines is 2. The van der Waals surface area contributed by atoms with E-state index in [0.717, 1.165) is 36.5 Å². The van der Waals surface area contributed by atoms with Gasteiger partial charge in [0.1, 0.15) is 24.7 Å². The van der Waals surface area contributed by atoms with Gasteiger partial charge in [-0.15, -0.1) is 0 Å². The van der Waals surface area contributed by atoms with Crippen LogP contribution in [0.2, 0.25) is 0 Å². The van der Waals surface area contributed by atoms with Gasteiger partial charge in [0.15, 0.2) is 0 Å². The summed E-state index contributed by atoms with van der Waals surface area (Å²) >= 11 is 0. The highest BCUT2D eigenvalue weighted by molar-refractivity contribution is 5.93. The van der Waals surface area contributed by atoms with Crippen LogP contribution in [0.3, 0.4) is 0 Å². The van der Waals surface area contributed by atoms with E-state index in [2.05, 4.69) is 17.2 Å². The minimum absolute atomic E-state index is 0.144. The first-order valence-corrected chi connectivity index (χ1v) is 9.84. The number of rotatable bonds is 10. The fraction of sp³-hybridized carbons (Fsp3) is 0.348. The van der Waals surface area contributed by atoms with Crippen LogP contribution in [0.1, 0.15) is 19.8 Å². The van der Waals surface area contributed by atoms with Gasteiger partial charge in [0, 0.05) is 30.1 Å². The first-order chi connectivity index (χ1) is 14.1. The second-order valence-electron chi connectivity index (χ2n) is 7.15. The molecule has 154 valence electrons. The number of benzene rings is 2. The van der Waals surface area contributed by atoms with E-state index in [1.54, 1.807) is 0 Å². The molecule has 1 unspecified atom stereocenters. The number of ether oxygens (including phenoxy) is 3. The Hall–Kier alpha value is -2.99. The fourth-order valence-corrected chi connectivity index (χ4v) is 2.92. The number of carbonyl (C=O) groups excluding carboxylic acids is 1. The molecule has 0 saturated carbocycles. The summed E-state index contributed by atoms with van der Waals surface area (Å²) in [6.45, 7) is 7.68. The molecule has 0 spiro atoms. The molecule has 29 heavy (non-hydrogen) atoms. The largest absolute Gasteiger partial charge is 0.491 e. The van der Waals surface area contributed by atoms with Gasteiger partial charge in [0.2, 0.25) is 5.91 Å². The minimum atomic E-state index is -0.144. The van der Waals surface area contributed by atoms with Crippen molar-refractivity contribution in [2.75, 3.05) is 37.0 Å². The van der Waals surface area contributed by atoms with Crippen LogP contribution in [0.15, 0.2) is 60.7 Å². The average Bonchev–Trinajstić information content (AvgIpc) is 3.24. The maximum absolute atomic E-state index is 12.3. The molecule has 0 bridgehead atoms. The monoisotopic (exact) mass is 396 g/mol. The van der Waals surface area contributed by atoms with Gasteiger partial charge < -0.3 is 24.8 Å². The lowest BCUT2D eigenvalue weighted by Gasteiger charge is -2.13. The molecule has 1 saturated heterocycles. The van der Waals surface area contributed by atoms with E-state index in [1.807, 2.05) is 55.5 Å². The predicted octanol–water partition coefficient (Wildman–Crippen LogP) is 4.25. The summed E-state index contributed by atoms with van der Waals surface area (Å²) in [4.78, 5) is 12.3. The molecule has 2 N–H and O–H groups in total. The highest BCUT2D eigenvalue weighted by atomic mass is 16.5. The SMILES string of the molecule is C=C(C)COc1cccc(NCC(=O)Nc2cccc(OCC3CCCO3)c2)c1. The van der Waals surface area contributed by atoms with Crippen molar-refractivity contribution in [1.82, 2.24) is 0 Å². The van der Waals surface area contributed by atoms with Crippen LogP contribution in [0.4, 0.5) is 11.4 Å². The van der Waals surface area contributed by atoms with E-state index in [-0.39, 0.29) is 18.6 Å². The Balaban J connectivity index is 1.46. The van der Waals surface area contributed by atoms with Crippen molar-refractivity contribution in [3.63, 3.8) is 0 Å². The molecule has 0 aliphatic carbocycles. The van der Waals surface area contributed by atoms with Crippen LogP contribution in [0.5, 0.6) is 11.5 Å². The highest BCUT2D eigenvalue weighted by Crippen LogP contribution is 2.20. The maximum Gasteiger partial charge on any atom is 0.243 e. The van der Waals surface area contributed by atoms with Crippen LogP contribution in [-0.4, -0.2) is 38.4 Å². The summed E-state index contributed by atoms with van der Waals surface area (Å²) in [5.74, 6) is 1.30. The van der Waals surface area contributed by atoms with Crippen molar-refractivity contribution >= 4 is 17.3 Å². The Morgan fingerprint density at radius 1 is 1.14 bits per heavy atom. The third kappa shape index (κ3) is 7.16. The summed E-state index contributed by atoms with van der Waals surface area (Å²) in [7, 11) is 0. The Morgan fingerprint density at radius 3 is 2.59 bits per heavy atom. The van der Waals surface area contributed by atoms with Gasteiger partial charge in [-0.2, -0.15) is 0 Å². The molecule has 1 amide bonds. The fourth-order valence-electron chi connectivity index (χ4n) is 2.92. The Bertz CT molecular complexity index is 831. The molecule has 2 aromatic rings. The van der Waals surface area contributed by atoms with Crippen LogP contribution in [-0.2, 0) is 9.53 Å². The lowest BCUT2D eigenvalue weighted by Crippen LogP contribution is -2.21. The van der Waals surface area contributed by atoms with E-state index in [1.165, 1.54) is 0 Å². The third-order valence-electron chi connectivity index (χ3n) is 4.35. The molecule has 0 radical (unpaired) electrons. The maximum atomic E-state index is 12.3. The van der Waals surface area contributed by atoms with Crippen molar-refractivity contribution in [2.24, 2.45) is 0 Å². The van der Waals surface area contributed by atoms with Gasteiger partial charge in [-0.3, -0.25) is 4.79 Å². The smallest absolute Gasteiger partial charge is 0.243 e. The molecule has 1 heterocycles. The molecule has 6 heteroatoms. The minimum Gasteiger partial charge on any atom is -0.491 e. The number of hydrogen-bond acceptors (Lipinski definition) is 5. The molecule has 6 nitrogen and oxygen atoms in total. The van der Waals surface area contributed by atoms with Gasteiger partial charge in [0.25, 0.3) is 0 Å². The Labute approximate surface area is 171 Å². The van der Waals surface area contributed by atoms with Crippen molar-refractivity contribution in [1.29, 1.82) is 0 Å². The third-order valence-corrected chi connectivity index (χ3v) is 4.35. The zero-order valence-electron chi connectivity index (χ0n) is 16.8. The molecule has 2 aromatic carbocycles. The van der Waals surface area contributed by atoms with E-state index in [9.17, 15) is 4.79 Å². The van der Waals surface area contributed by atoms with Gasteiger partial charge in [-0.05, 0) is 49.6 Å². The molecule has 1 atom stereocenters. The predicted molar refractivity (Wildman–Crippen MR) is 115 cm³/mol. The summed E-state index contributed by atoms with van der Waals surface area (Å²) < 4.78 is 17.0. The molecule has 1 aliphatic heterocycles. The standard InChI is InChI=1S/C23H28N2O4/c1-17(2)15-28-20-8-3-6-18(12-20)24-14-23(26)25-19-7-4-9-21(13-19)29-16-22-10-5-11-27-22/h3-4,6-9,12-13,22,24H,1,5,10-11,14-16H2,2H3,(H,25,26). The number of nitrogens with one attached hydrogen (secondary N) is 2. The molecule has 0 aromatic heterocycles. The summed E-state index contributed by atoms with van der Waals surface area (Å²) in [5.41, 5.74) is 2.46. The van der Waals surface area contributed by atoms with Crippen molar-refractivity contribution < 1.29 is 19.0 Å². The highest BCUT2D eigenvalue weighted by Gasteiger charge is 2.16. The zero-order chi connectivity index (χ0) is 20.5. The number of carbonyl (C=O) groups is 1. The van der Waals surface area contributed by atoms with Gasteiger partial charge >= 0.3 is 0 Å². The van der Waals surface area contributed by atoms with E-state index in [0.29, 0.717) is 24.7 Å². The van der Waals surface area contributed by atoms with Crippen LogP contribution in [0.25, 0.3) is 0 Å². The van der Waals surface area contributed by atoms with Gasteiger partial charge in [0.05, 0.1) is 12.6 Å². The van der Waals surface area contributed by atoms with E-state index >= 15 is 0 Å². The second kappa shape index (κ2) is 10.5. The molecule has 1 fully saturated rings. The molecule has 3 rings (SSSR count). The van der Waals surface area contributed by atoms with Crippen LogP contribution in [0, 0.1) is 0 Å². The lowest BCUT2D eigenvalue weighted by molar-refractivity contribution is -0.114. The molecular weight excluding hydrogens is 368 g/mol. The number of amides is 1. The lowest BCUT2D eigenvalue weighted by atomic mass is 10.2. The Kier molecular flexibility index (Phi) is 7.53.